The number of pyridine rings is 1. The van der Waals surface area contributed by atoms with Crippen molar-refractivity contribution in [3.8, 4) is 0 Å². The van der Waals surface area contributed by atoms with Gasteiger partial charge in [-0.15, -0.1) is 0 Å². The molecule has 1 aromatic rings. The van der Waals surface area contributed by atoms with E-state index in [4.69, 9.17) is 0 Å². The van der Waals surface area contributed by atoms with E-state index < -0.39 is 4.92 Å². The average Bonchev–Trinajstić information content (AvgIpc) is 2.38. The summed E-state index contributed by atoms with van der Waals surface area (Å²) >= 11 is 0. The minimum atomic E-state index is -0.457. The zero-order chi connectivity index (χ0) is 13.4. The molecular weight excluding hydrogens is 232 g/mol. The first kappa shape index (κ1) is 14.0. The van der Waals surface area contributed by atoms with Crippen molar-refractivity contribution in [3.63, 3.8) is 0 Å². The van der Waals surface area contributed by atoms with Crippen molar-refractivity contribution in [1.82, 2.24) is 10.3 Å². The molecule has 1 rings (SSSR count). The Kier molecular flexibility index (Phi) is 5.63. The van der Waals surface area contributed by atoms with Crippen molar-refractivity contribution >= 4 is 5.69 Å². The van der Waals surface area contributed by atoms with E-state index in [0.29, 0.717) is 12.4 Å². The van der Waals surface area contributed by atoms with Crippen LogP contribution in [0.1, 0.15) is 19.8 Å². The van der Waals surface area contributed by atoms with Gasteiger partial charge < -0.3 is 10.2 Å². The summed E-state index contributed by atoms with van der Waals surface area (Å²) in [6.07, 6.45) is 6.32. The predicted molar refractivity (Wildman–Crippen MR) is 70.6 cm³/mol. The summed E-state index contributed by atoms with van der Waals surface area (Å²) in [4.78, 5) is 16.1. The van der Waals surface area contributed by atoms with Crippen LogP contribution in [0.4, 0.5) is 5.69 Å². The Labute approximate surface area is 106 Å². The third kappa shape index (κ3) is 4.04. The molecule has 0 aliphatic heterocycles. The molecule has 98 valence electrons. The van der Waals surface area contributed by atoms with E-state index in [9.17, 15) is 10.1 Å². The van der Waals surface area contributed by atoms with E-state index in [1.807, 2.05) is 17.0 Å². The summed E-state index contributed by atoms with van der Waals surface area (Å²) in [5, 5.41) is 13.5. The van der Waals surface area contributed by atoms with Crippen LogP contribution < -0.4 is 10.2 Å². The van der Waals surface area contributed by atoms with Crippen molar-refractivity contribution < 1.29 is 4.92 Å². The van der Waals surface area contributed by atoms with Gasteiger partial charge in [0.15, 0.2) is 5.82 Å². The summed E-state index contributed by atoms with van der Waals surface area (Å²) in [5.41, 5.74) is 0.841. The number of aromatic nitrogens is 1. The van der Waals surface area contributed by atoms with Crippen LogP contribution in [-0.4, -0.2) is 23.5 Å². The fourth-order valence-electron chi connectivity index (χ4n) is 1.59. The second-order valence-corrected chi connectivity index (χ2v) is 3.77. The maximum atomic E-state index is 10.6. The number of nitrogens with one attached hydrogen (secondary N) is 1. The van der Waals surface area contributed by atoms with Crippen LogP contribution in [0.2, 0.25) is 0 Å². The molecule has 1 N–H and O–H groups in total. The lowest BCUT2D eigenvalue weighted by Crippen LogP contribution is -2.31. The van der Waals surface area contributed by atoms with Gasteiger partial charge in [-0.3, -0.25) is 15.1 Å². The first-order chi connectivity index (χ1) is 8.69. The quantitative estimate of drug-likeness (QED) is 0.592. The second kappa shape index (κ2) is 7.26. The minimum Gasteiger partial charge on any atom is -0.369 e. The maximum absolute atomic E-state index is 10.6. The van der Waals surface area contributed by atoms with Gasteiger partial charge in [0.05, 0.1) is 16.8 Å². The molecule has 0 fully saturated rings. The molecule has 0 unspecified atom stereocenters. The minimum absolute atomic E-state index is 0.457. The number of nitrogens with zero attached hydrogens (tertiary/aromatic N) is 3. The monoisotopic (exact) mass is 250 g/mol. The van der Waals surface area contributed by atoms with Crippen LogP contribution >= 0.6 is 0 Å². The van der Waals surface area contributed by atoms with Crippen molar-refractivity contribution in [2.45, 2.75) is 19.8 Å². The van der Waals surface area contributed by atoms with Gasteiger partial charge in [0, 0.05) is 19.8 Å². The number of nitro groups is 1. The molecule has 0 atom stereocenters. The molecular formula is C12H18N4O2. The molecule has 0 spiro atoms. The van der Waals surface area contributed by atoms with E-state index in [2.05, 4.69) is 17.2 Å². The third-order valence-corrected chi connectivity index (χ3v) is 2.47. The highest BCUT2D eigenvalue weighted by Gasteiger charge is 2.13. The van der Waals surface area contributed by atoms with Crippen molar-refractivity contribution in [2.24, 2.45) is 0 Å². The van der Waals surface area contributed by atoms with Crippen LogP contribution in [0, 0.1) is 10.1 Å². The molecule has 1 heterocycles. The van der Waals surface area contributed by atoms with Gasteiger partial charge in [-0.1, -0.05) is 13.3 Å². The Balaban J connectivity index is 3.00. The highest BCUT2D eigenvalue weighted by molar-refractivity contribution is 5.49. The molecule has 0 amide bonds. The lowest BCUT2D eigenvalue weighted by molar-refractivity contribution is -0.403. The molecule has 0 bridgehead atoms. The van der Waals surface area contributed by atoms with Gasteiger partial charge >= 0.3 is 0 Å². The van der Waals surface area contributed by atoms with Gasteiger partial charge in [-0.05, 0) is 18.6 Å². The maximum Gasteiger partial charge on any atom is 0.274 e. The smallest absolute Gasteiger partial charge is 0.274 e. The molecule has 6 heteroatoms. The van der Waals surface area contributed by atoms with Gasteiger partial charge in [-0.25, -0.2) is 0 Å². The normalized spacial score (nSPS) is 11.1. The molecule has 0 aromatic carbocycles. The van der Waals surface area contributed by atoms with Crippen LogP contribution in [-0.2, 0) is 0 Å². The van der Waals surface area contributed by atoms with E-state index in [1.54, 1.807) is 19.4 Å². The summed E-state index contributed by atoms with van der Waals surface area (Å²) in [5.74, 6) is 0.460. The first-order valence-electron chi connectivity index (χ1n) is 5.89. The van der Waals surface area contributed by atoms with Crippen LogP contribution in [0.3, 0.4) is 0 Å². The van der Waals surface area contributed by atoms with E-state index >= 15 is 0 Å². The van der Waals surface area contributed by atoms with Gasteiger partial charge in [-0.2, -0.15) is 0 Å². The molecule has 0 saturated carbocycles. The van der Waals surface area contributed by atoms with E-state index in [-0.39, 0.29) is 0 Å². The average molecular weight is 250 g/mol. The van der Waals surface area contributed by atoms with Gasteiger partial charge in [0.2, 0.25) is 0 Å². The fraction of sp³-hybridized carbons (Fsp3) is 0.417. The molecule has 18 heavy (non-hydrogen) atoms. The Bertz CT molecular complexity index is 406. The number of hydrogen-bond donors (Lipinski definition) is 1. The van der Waals surface area contributed by atoms with E-state index in [1.165, 1.54) is 0 Å². The molecule has 1 aromatic heterocycles. The number of unbranched alkanes of at least 4 members (excludes halogenated alkanes) is 1. The highest BCUT2D eigenvalue weighted by atomic mass is 16.6. The molecule has 0 saturated heterocycles. The van der Waals surface area contributed by atoms with Crippen LogP contribution in [0.5, 0.6) is 0 Å². The zero-order valence-corrected chi connectivity index (χ0v) is 10.7. The molecule has 0 aliphatic rings. The number of rotatable bonds is 7. The summed E-state index contributed by atoms with van der Waals surface area (Å²) in [6.45, 7) is 2.79. The largest absolute Gasteiger partial charge is 0.369 e. The van der Waals surface area contributed by atoms with Crippen molar-refractivity contribution in [3.05, 3.63) is 46.7 Å². The lowest BCUT2D eigenvalue weighted by Gasteiger charge is -2.25. The molecule has 6 nitrogen and oxygen atoms in total. The topological polar surface area (TPSA) is 71.3 Å². The van der Waals surface area contributed by atoms with Crippen molar-refractivity contribution in [2.75, 3.05) is 18.5 Å². The van der Waals surface area contributed by atoms with Crippen molar-refractivity contribution in [1.29, 1.82) is 0 Å². The first-order valence-corrected chi connectivity index (χ1v) is 5.89. The van der Waals surface area contributed by atoms with Gasteiger partial charge in [0.25, 0.3) is 6.20 Å². The summed E-state index contributed by atoms with van der Waals surface area (Å²) in [7, 11) is 1.67. The Morgan fingerprint density at radius 2 is 2.44 bits per heavy atom. The Hall–Kier alpha value is -2.11. The number of hydrogen-bond acceptors (Lipinski definition) is 5. The van der Waals surface area contributed by atoms with E-state index in [0.717, 1.165) is 24.7 Å². The second-order valence-electron chi connectivity index (χ2n) is 3.77. The van der Waals surface area contributed by atoms with Crippen LogP contribution in [0.15, 0.2) is 36.5 Å². The fourth-order valence-corrected chi connectivity index (χ4v) is 1.59. The highest BCUT2D eigenvalue weighted by Crippen LogP contribution is 2.17. The molecule has 0 radical (unpaired) electrons. The standard InChI is InChI=1S/C12H18N4O2/c1-3-4-8-15(11-6-5-7-14-9-11)12(13-2)10-16(17)18/h5-7,9-10,13H,3-4,8H2,1-2H3. The van der Waals surface area contributed by atoms with Gasteiger partial charge in [0.1, 0.15) is 0 Å². The lowest BCUT2D eigenvalue weighted by atomic mass is 10.3. The van der Waals surface area contributed by atoms with Crippen LogP contribution in [0.25, 0.3) is 0 Å². The predicted octanol–water partition coefficient (Wildman–Crippen LogP) is 1.98. The third-order valence-electron chi connectivity index (χ3n) is 2.47. The number of anilines is 1. The Morgan fingerprint density at radius 1 is 1.67 bits per heavy atom. The summed E-state index contributed by atoms with van der Waals surface area (Å²) < 4.78 is 0. The zero-order valence-electron chi connectivity index (χ0n) is 10.7. The SMILES string of the molecule is CCCCN(C(=C[N+](=O)[O-])NC)c1cccnc1. The Morgan fingerprint density at radius 3 is 2.94 bits per heavy atom. The molecule has 0 aliphatic carbocycles. The summed E-state index contributed by atoms with van der Waals surface area (Å²) in [6, 6.07) is 3.70.